The summed E-state index contributed by atoms with van der Waals surface area (Å²) in [5, 5.41) is 0. The number of hydrogen-bond acceptors (Lipinski definition) is 4. The summed E-state index contributed by atoms with van der Waals surface area (Å²) in [6.07, 6.45) is 2.10. The maximum Gasteiger partial charge on any atom is 0.119 e. The zero-order valence-corrected chi connectivity index (χ0v) is 18.7. The lowest BCUT2D eigenvalue weighted by Crippen LogP contribution is -2.57. The van der Waals surface area contributed by atoms with Crippen LogP contribution in [0.15, 0.2) is 54.6 Å². The van der Waals surface area contributed by atoms with Crippen molar-refractivity contribution in [3.05, 3.63) is 60.2 Å². The van der Waals surface area contributed by atoms with E-state index in [0.29, 0.717) is 6.61 Å². The summed E-state index contributed by atoms with van der Waals surface area (Å²) in [5.74, 6) is 0.976. The van der Waals surface area contributed by atoms with Crippen molar-refractivity contribution < 1.29 is 9.47 Å². The topological polar surface area (TPSA) is 24.9 Å². The van der Waals surface area contributed by atoms with Crippen molar-refractivity contribution in [3.63, 3.8) is 0 Å². The monoisotopic (exact) mass is 438 g/mol. The Kier molecular flexibility index (Phi) is 9.09. The van der Waals surface area contributed by atoms with E-state index in [1.54, 1.807) is 0 Å². The third-order valence-corrected chi connectivity index (χ3v) is 6.01. The van der Waals surface area contributed by atoms with Gasteiger partial charge in [0, 0.05) is 45.1 Å². The van der Waals surface area contributed by atoms with Crippen molar-refractivity contribution in [2.75, 3.05) is 50.9 Å². The number of ether oxygens (including phenoxy) is 2. The highest BCUT2D eigenvalue weighted by molar-refractivity contribution is 5.85. The van der Waals surface area contributed by atoms with Gasteiger partial charge in [0.05, 0.1) is 12.1 Å². The molecule has 2 saturated heterocycles. The fourth-order valence-corrected chi connectivity index (χ4v) is 4.57. The number of halogens is 2. The Morgan fingerprint density at radius 3 is 2.24 bits per heavy atom. The molecule has 160 valence electrons. The lowest BCUT2D eigenvalue weighted by Gasteiger charge is -2.50. The van der Waals surface area contributed by atoms with Crippen molar-refractivity contribution in [1.29, 1.82) is 0 Å². The van der Waals surface area contributed by atoms with E-state index in [2.05, 4.69) is 64.4 Å². The van der Waals surface area contributed by atoms with Gasteiger partial charge in [0.2, 0.25) is 0 Å². The van der Waals surface area contributed by atoms with Crippen molar-refractivity contribution in [1.82, 2.24) is 4.90 Å². The first-order chi connectivity index (χ1) is 13.3. The van der Waals surface area contributed by atoms with E-state index < -0.39 is 0 Å². The molecule has 0 bridgehead atoms. The second-order valence-corrected chi connectivity index (χ2v) is 7.41. The first-order valence-electron chi connectivity index (χ1n) is 10.2. The fraction of sp³-hybridized carbons (Fsp3) is 0.478. The van der Waals surface area contributed by atoms with Crippen LogP contribution in [0.4, 0.5) is 5.69 Å². The molecule has 29 heavy (non-hydrogen) atoms. The molecule has 4 rings (SSSR count). The molecular weight excluding hydrogens is 407 g/mol. The molecule has 2 aliphatic rings. The van der Waals surface area contributed by atoms with Crippen LogP contribution in [0.2, 0.25) is 0 Å². The highest BCUT2D eigenvalue weighted by atomic mass is 35.5. The van der Waals surface area contributed by atoms with Crippen LogP contribution in [0.3, 0.4) is 0 Å². The summed E-state index contributed by atoms with van der Waals surface area (Å²) in [4.78, 5) is 5.19. The van der Waals surface area contributed by atoms with Gasteiger partial charge in [-0.3, -0.25) is 4.90 Å². The summed E-state index contributed by atoms with van der Waals surface area (Å²) in [5.41, 5.74) is 2.77. The largest absolute Gasteiger partial charge is 0.494 e. The summed E-state index contributed by atoms with van der Waals surface area (Å²) in [6, 6.07) is 19.5. The van der Waals surface area contributed by atoms with Crippen LogP contribution in [0.25, 0.3) is 0 Å². The molecule has 0 N–H and O–H groups in total. The zero-order chi connectivity index (χ0) is 18.5. The Morgan fingerprint density at radius 2 is 1.59 bits per heavy atom. The Bertz CT molecular complexity index is 731. The third kappa shape index (κ3) is 5.18. The highest BCUT2D eigenvalue weighted by Gasteiger charge is 2.41. The summed E-state index contributed by atoms with van der Waals surface area (Å²) < 4.78 is 11.5. The molecule has 4 nitrogen and oxygen atoms in total. The van der Waals surface area contributed by atoms with Gasteiger partial charge < -0.3 is 14.4 Å². The molecule has 6 heteroatoms. The second-order valence-electron chi connectivity index (χ2n) is 7.41. The van der Waals surface area contributed by atoms with Gasteiger partial charge in [-0.25, -0.2) is 0 Å². The van der Waals surface area contributed by atoms with E-state index in [1.807, 2.05) is 6.92 Å². The summed E-state index contributed by atoms with van der Waals surface area (Å²) >= 11 is 0. The number of para-hydroxylation sites is 1. The van der Waals surface area contributed by atoms with Crippen molar-refractivity contribution in [2.24, 2.45) is 0 Å². The molecule has 0 aromatic heterocycles. The van der Waals surface area contributed by atoms with Crippen molar-refractivity contribution >= 4 is 30.5 Å². The van der Waals surface area contributed by atoms with E-state index in [1.165, 1.54) is 11.3 Å². The minimum Gasteiger partial charge on any atom is -0.494 e. The average Bonchev–Trinajstić information content (AvgIpc) is 2.75. The Labute approximate surface area is 187 Å². The van der Waals surface area contributed by atoms with Crippen LogP contribution in [0, 0.1) is 0 Å². The van der Waals surface area contributed by atoms with Crippen LogP contribution in [-0.4, -0.2) is 50.9 Å². The molecule has 2 heterocycles. The molecule has 2 fully saturated rings. The zero-order valence-electron chi connectivity index (χ0n) is 17.1. The van der Waals surface area contributed by atoms with Crippen LogP contribution < -0.4 is 9.64 Å². The maximum absolute atomic E-state index is 5.79. The fourth-order valence-electron chi connectivity index (χ4n) is 4.57. The molecule has 0 atom stereocenters. The standard InChI is InChI=1S/C23H30N2O2.2ClH/c1-2-27-22-10-6-7-20(19-22)23(11-17-26-18-12-23)25-15-13-24(14-16-25)21-8-4-3-5-9-21;;/h3-10,19H,2,11-18H2,1H3;2*1H. The smallest absolute Gasteiger partial charge is 0.119 e. The molecular formula is C23H32Cl2N2O2. The van der Waals surface area contributed by atoms with Crippen LogP contribution >= 0.6 is 24.8 Å². The lowest BCUT2D eigenvalue weighted by molar-refractivity contribution is -0.0350. The molecule has 0 amide bonds. The summed E-state index contributed by atoms with van der Waals surface area (Å²) in [7, 11) is 0. The normalized spacial score (nSPS) is 19.0. The molecule has 0 radical (unpaired) electrons. The van der Waals surface area contributed by atoms with Crippen LogP contribution in [0.5, 0.6) is 5.75 Å². The molecule has 2 aromatic rings. The SMILES string of the molecule is CCOc1cccc(C2(N3CCN(c4ccccc4)CC3)CCOCC2)c1.Cl.Cl. The molecule has 0 saturated carbocycles. The van der Waals surface area contributed by atoms with E-state index in [9.17, 15) is 0 Å². The van der Waals surface area contributed by atoms with Gasteiger partial charge in [-0.15, -0.1) is 24.8 Å². The maximum atomic E-state index is 5.79. The number of rotatable bonds is 5. The van der Waals surface area contributed by atoms with Crippen molar-refractivity contribution in [3.8, 4) is 5.75 Å². The predicted molar refractivity (Wildman–Crippen MR) is 124 cm³/mol. The van der Waals surface area contributed by atoms with Gasteiger partial charge in [-0.2, -0.15) is 0 Å². The van der Waals surface area contributed by atoms with Gasteiger partial charge in [0.15, 0.2) is 0 Å². The molecule has 0 aliphatic carbocycles. The van der Waals surface area contributed by atoms with Gasteiger partial charge in [-0.1, -0.05) is 30.3 Å². The Hall–Kier alpha value is -1.46. The van der Waals surface area contributed by atoms with E-state index >= 15 is 0 Å². The molecule has 2 aliphatic heterocycles. The minimum absolute atomic E-state index is 0. The molecule has 2 aromatic carbocycles. The third-order valence-electron chi connectivity index (χ3n) is 6.01. The van der Waals surface area contributed by atoms with Crippen LogP contribution in [-0.2, 0) is 10.3 Å². The van der Waals surface area contributed by atoms with E-state index in [4.69, 9.17) is 9.47 Å². The first kappa shape index (κ1) is 23.8. The quantitative estimate of drug-likeness (QED) is 0.671. The molecule has 0 unspecified atom stereocenters. The number of piperazine rings is 1. The van der Waals surface area contributed by atoms with E-state index in [0.717, 1.165) is 58.0 Å². The van der Waals surface area contributed by atoms with Crippen LogP contribution in [0.1, 0.15) is 25.3 Å². The first-order valence-corrected chi connectivity index (χ1v) is 10.2. The Morgan fingerprint density at radius 1 is 0.897 bits per heavy atom. The predicted octanol–water partition coefficient (Wildman–Crippen LogP) is 4.76. The second kappa shape index (κ2) is 11.1. The van der Waals surface area contributed by atoms with Gasteiger partial charge in [0.25, 0.3) is 0 Å². The minimum atomic E-state index is 0. The number of hydrogen-bond donors (Lipinski definition) is 0. The molecule has 0 spiro atoms. The number of anilines is 1. The lowest BCUT2D eigenvalue weighted by atomic mass is 9.80. The summed E-state index contributed by atoms with van der Waals surface area (Å²) in [6.45, 7) is 8.70. The van der Waals surface area contributed by atoms with Crippen molar-refractivity contribution in [2.45, 2.75) is 25.3 Å². The van der Waals surface area contributed by atoms with Gasteiger partial charge in [-0.05, 0) is 49.6 Å². The number of nitrogens with zero attached hydrogens (tertiary/aromatic N) is 2. The number of benzene rings is 2. The Balaban J connectivity index is 0.00000150. The highest BCUT2D eigenvalue weighted by Crippen LogP contribution is 2.40. The average molecular weight is 439 g/mol. The van der Waals surface area contributed by atoms with E-state index in [-0.39, 0.29) is 30.4 Å². The van der Waals surface area contributed by atoms with Gasteiger partial charge >= 0.3 is 0 Å². The van der Waals surface area contributed by atoms with Gasteiger partial charge in [0.1, 0.15) is 5.75 Å².